The molecule has 0 saturated heterocycles. The van der Waals surface area contributed by atoms with Gasteiger partial charge >= 0.3 is 0 Å². The molecular weight excluding hydrogens is 717 g/mol. The maximum absolute atomic E-state index is 6.55. The second-order valence-corrected chi connectivity index (χ2v) is 15.3. The third-order valence-electron chi connectivity index (χ3n) is 11.9. The number of hydrogen-bond donors (Lipinski definition) is 0. The zero-order chi connectivity index (χ0) is 38.9. The summed E-state index contributed by atoms with van der Waals surface area (Å²) in [6, 6.07) is 78.7. The molecule has 0 N–H and O–H groups in total. The molecule has 3 heteroatoms. The lowest BCUT2D eigenvalue weighted by Crippen LogP contribution is -1.94. The Bertz CT molecular complexity index is 3440. The van der Waals surface area contributed by atoms with Gasteiger partial charge in [0.2, 0.25) is 5.71 Å². The van der Waals surface area contributed by atoms with Crippen LogP contribution in [0.3, 0.4) is 0 Å². The van der Waals surface area contributed by atoms with Crippen molar-refractivity contribution in [2.45, 2.75) is 0 Å². The third-order valence-corrected chi connectivity index (χ3v) is 11.9. The summed E-state index contributed by atoms with van der Waals surface area (Å²) >= 11 is 0. The van der Waals surface area contributed by atoms with Crippen molar-refractivity contribution in [3.63, 3.8) is 0 Å². The topological polar surface area (TPSA) is 23.0 Å². The van der Waals surface area contributed by atoms with Crippen LogP contribution in [-0.4, -0.2) is 9.13 Å². The van der Waals surface area contributed by atoms with Crippen LogP contribution in [0.5, 0.6) is 0 Å². The van der Waals surface area contributed by atoms with Crippen molar-refractivity contribution < 1.29 is 4.42 Å². The molecule has 3 aromatic heterocycles. The minimum atomic E-state index is 0.868. The Morgan fingerprint density at radius 1 is 0.271 bits per heavy atom. The first-order valence-electron chi connectivity index (χ1n) is 20.2. The molecule has 0 saturated carbocycles. The highest BCUT2D eigenvalue weighted by Gasteiger charge is 2.20. The van der Waals surface area contributed by atoms with Crippen molar-refractivity contribution in [3.8, 4) is 55.9 Å². The predicted molar refractivity (Wildman–Crippen MR) is 247 cm³/mol. The number of aromatic nitrogens is 2. The lowest BCUT2D eigenvalue weighted by Gasteiger charge is -2.12. The van der Waals surface area contributed by atoms with Crippen LogP contribution in [0.15, 0.2) is 223 Å². The van der Waals surface area contributed by atoms with Crippen LogP contribution < -0.4 is 0 Å². The van der Waals surface area contributed by atoms with Crippen LogP contribution in [0, 0.1) is 0 Å². The Kier molecular flexibility index (Phi) is 7.54. The first-order chi connectivity index (χ1) is 29.2. The maximum Gasteiger partial charge on any atom is 0.213 e. The minimum absolute atomic E-state index is 0.868. The van der Waals surface area contributed by atoms with Gasteiger partial charge in [-0.15, -0.1) is 0 Å². The van der Waals surface area contributed by atoms with Gasteiger partial charge in [-0.05, 0) is 111 Å². The SMILES string of the molecule is c1ccc(-c2ccc3c(c2)c2cc(-c4ccccc4)ccc2n3-c2cccc(-c3cccc(-c4ccc5c6c7ccccc7oc6n(-c6ccccc6)c5c4)c3)c2)cc1. The number of nitrogens with zero attached hydrogens (tertiary/aromatic N) is 2. The molecule has 12 rings (SSSR count). The predicted octanol–water partition coefficient (Wildman–Crippen LogP) is 15.3. The fourth-order valence-corrected chi connectivity index (χ4v) is 9.13. The molecule has 0 radical (unpaired) electrons. The monoisotopic (exact) mass is 752 g/mol. The molecular formula is C56H36N2O. The van der Waals surface area contributed by atoms with Gasteiger partial charge in [0.05, 0.1) is 21.9 Å². The van der Waals surface area contributed by atoms with E-state index in [4.69, 9.17) is 4.42 Å². The summed E-state index contributed by atoms with van der Waals surface area (Å²) in [6.45, 7) is 0. The van der Waals surface area contributed by atoms with Crippen molar-refractivity contribution in [3.05, 3.63) is 218 Å². The van der Waals surface area contributed by atoms with Gasteiger partial charge in [0.1, 0.15) is 5.58 Å². The molecule has 12 aromatic rings. The molecule has 3 heterocycles. The normalized spacial score (nSPS) is 11.7. The second kappa shape index (κ2) is 13.4. The number of benzene rings is 9. The summed E-state index contributed by atoms with van der Waals surface area (Å²) in [7, 11) is 0. The molecule has 0 amide bonds. The molecule has 59 heavy (non-hydrogen) atoms. The van der Waals surface area contributed by atoms with Gasteiger partial charge in [0, 0.05) is 32.9 Å². The van der Waals surface area contributed by atoms with E-state index in [9.17, 15) is 0 Å². The molecule has 0 aliphatic heterocycles. The fourth-order valence-electron chi connectivity index (χ4n) is 9.13. The van der Waals surface area contributed by atoms with Gasteiger partial charge in [-0.25, -0.2) is 0 Å². The minimum Gasteiger partial charge on any atom is -0.439 e. The molecule has 0 spiro atoms. The number of rotatable bonds is 6. The zero-order valence-electron chi connectivity index (χ0n) is 32.1. The number of hydrogen-bond acceptors (Lipinski definition) is 1. The summed E-state index contributed by atoms with van der Waals surface area (Å²) in [5.74, 6) is 0. The lowest BCUT2D eigenvalue weighted by atomic mass is 9.98. The van der Waals surface area contributed by atoms with Gasteiger partial charge in [0.15, 0.2) is 0 Å². The van der Waals surface area contributed by atoms with Crippen LogP contribution in [0.2, 0.25) is 0 Å². The lowest BCUT2D eigenvalue weighted by molar-refractivity contribution is 0.645. The van der Waals surface area contributed by atoms with E-state index < -0.39 is 0 Å². The third kappa shape index (κ3) is 5.44. The first-order valence-corrected chi connectivity index (χ1v) is 20.2. The highest BCUT2D eigenvalue weighted by Crippen LogP contribution is 2.42. The van der Waals surface area contributed by atoms with Crippen LogP contribution in [0.25, 0.3) is 111 Å². The average Bonchev–Trinajstić information content (AvgIpc) is 3.96. The Hall–Kier alpha value is -7.88. The molecule has 0 bridgehead atoms. The van der Waals surface area contributed by atoms with E-state index in [2.05, 4.69) is 221 Å². The van der Waals surface area contributed by atoms with Crippen LogP contribution >= 0.6 is 0 Å². The van der Waals surface area contributed by atoms with E-state index in [1.807, 2.05) is 6.07 Å². The van der Waals surface area contributed by atoms with Crippen molar-refractivity contribution in [1.82, 2.24) is 9.13 Å². The van der Waals surface area contributed by atoms with Crippen molar-refractivity contribution in [1.29, 1.82) is 0 Å². The fraction of sp³-hybridized carbons (Fsp3) is 0. The molecule has 3 nitrogen and oxygen atoms in total. The number of para-hydroxylation sites is 2. The van der Waals surface area contributed by atoms with E-state index in [1.165, 1.54) is 60.6 Å². The smallest absolute Gasteiger partial charge is 0.213 e. The molecule has 0 aliphatic carbocycles. The highest BCUT2D eigenvalue weighted by atomic mass is 16.3. The average molecular weight is 753 g/mol. The van der Waals surface area contributed by atoms with Crippen molar-refractivity contribution >= 4 is 54.8 Å². The Morgan fingerprint density at radius 3 is 1.42 bits per heavy atom. The molecule has 0 atom stereocenters. The Balaban J connectivity index is 0.987. The Morgan fingerprint density at radius 2 is 0.763 bits per heavy atom. The molecule has 9 aromatic carbocycles. The maximum atomic E-state index is 6.55. The Labute approximate surface area is 341 Å². The van der Waals surface area contributed by atoms with Crippen LogP contribution in [0.4, 0.5) is 0 Å². The molecule has 0 unspecified atom stereocenters. The van der Waals surface area contributed by atoms with Gasteiger partial charge in [0.25, 0.3) is 0 Å². The summed E-state index contributed by atoms with van der Waals surface area (Å²) in [4.78, 5) is 0. The second-order valence-electron chi connectivity index (χ2n) is 15.3. The number of furan rings is 1. The highest BCUT2D eigenvalue weighted by molar-refractivity contribution is 6.20. The van der Waals surface area contributed by atoms with Gasteiger partial charge in [-0.2, -0.15) is 0 Å². The first kappa shape index (κ1) is 33.3. The largest absolute Gasteiger partial charge is 0.439 e. The van der Waals surface area contributed by atoms with Crippen molar-refractivity contribution in [2.75, 3.05) is 0 Å². The van der Waals surface area contributed by atoms with Gasteiger partial charge in [-0.3, -0.25) is 4.57 Å². The van der Waals surface area contributed by atoms with Crippen LogP contribution in [0.1, 0.15) is 0 Å². The van der Waals surface area contributed by atoms with E-state index in [-0.39, 0.29) is 0 Å². The number of fused-ring (bicyclic) bond motifs is 8. The van der Waals surface area contributed by atoms with E-state index in [0.717, 1.165) is 50.1 Å². The van der Waals surface area contributed by atoms with Crippen molar-refractivity contribution in [2.24, 2.45) is 0 Å². The standard InChI is InChI=1S/C56H36N2O/c1-4-14-37(15-5-1)42-27-30-51-49(34-42)50-35-43(38-16-6-2-7-17-38)28-31-52(50)57(51)46-23-13-20-41(33-46)39-18-12-19-40(32-39)44-26-29-47-53(36-44)58(45-21-8-3-9-22-45)56-55(47)48-24-10-11-25-54(48)59-56/h1-36H. The summed E-state index contributed by atoms with van der Waals surface area (Å²) in [5, 5.41) is 5.94. The summed E-state index contributed by atoms with van der Waals surface area (Å²) in [6.07, 6.45) is 0. The summed E-state index contributed by atoms with van der Waals surface area (Å²) in [5.41, 5.74) is 17.0. The van der Waals surface area contributed by atoms with Crippen LogP contribution in [-0.2, 0) is 0 Å². The summed E-state index contributed by atoms with van der Waals surface area (Å²) < 4.78 is 11.2. The molecule has 0 aliphatic rings. The zero-order valence-corrected chi connectivity index (χ0v) is 32.1. The quantitative estimate of drug-likeness (QED) is 0.166. The van der Waals surface area contributed by atoms with E-state index in [0.29, 0.717) is 0 Å². The van der Waals surface area contributed by atoms with E-state index >= 15 is 0 Å². The van der Waals surface area contributed by atoms with Gasteiger partial charge < -0.3 is 8.98 Å². The molecule has 276 valence electrons. The van der Waals surface area contributed by atoms with Gasteiger partial charge in [-0.1, -0.05) is 152 Å². The van der Waals surface area contributed by atoms with E-state index in [1.54, 1.807) is 0 Å². The molecule has 0 fully saturated rings.